The first kappa shape index (κ1) is 10.5. The molecule has 3 saturated carbocycles. The molecule has 1 heterocycles. The zero-order valence-corrected chi connectivity index (χ0v) is 14.5. The number of ketones is 2. The maximum atomic E-state index is 12.9. The second-order valence-electron chi connectivity index (χ2n) is 8.51. The number of carbonyl (C=O) groups is 2. The van der Waals surface area contributed by atoms with Crippen LogP contribution in [0.1, 0.15) is 62.7 Å². The molecule has 0 aromatic heterocycles. The van der Waals surface area contributed by atoms with Crippen LogP contribution in [0.3, 0.4) is 0 Å². The highest BCUT2D eigenvalue weighted by atomic mass is 16.6. The standard InChI is InChI=1S/C21H28O5/c1-20-7-6-12(23)8-11(20)2-3-13-14-4-5-15(16(24)10-22)21(14)9-17(18(13)20)26-19(21)25/h8,13-15,17-19,22,25H,2-7,9-10H2,1H3/t13-,14-,15+,17+,18+,19?,20-,21+/m0/s1/i2D2,6D2,8D,10D2,15D. The molecule has 5 heteroatoms. The van der Waals surface area contributed by atoms with E-state index in [1.165, 1.54) is 0 Å². The van der Waals surface area contributed by atoms with Crippen LogP contribution in [0.15, 0.2) is 11.6 Å². The minimum atomic E-state index is -3.29. The quantitative estimate of drug-likeness (QED) is 0.779. The third-order valence-electron chi connectivity index (χ3n) is 7.64. The van der Waals surface area contributed by atoms with Gasteiger partial charge in [-0.05, 0) is 67.7 Å². The molecule has 1 aliphatic heterocycles. The van der Waals surface area contributed by atoms with Gasteiger partial charge in [0.15, 0.2) is 17.9 Å². The van der Waals surface area contributed by atoms with Crippen molar-refractivity contribution >= 4 is 11.6 Å². The molecule has 5 aliphatic rings. The van der Waals surface area contributed by atoms with Crippen molar-refractivity contribution in [2.75, 3.05) is 6.56 Å². The van der Waals surface area contributed by atoms with Crippen LogP contribution < -0.4 is 0 Å². The molecule has 2 N–H and O–H groups in total. The van der Waals surface area contributed by atoms with Crippen molar-refractivity contribution in [2.45, 2.75) is 64.2 Å². The van der Waals surface area contributed by atoms with Gasteiger partial charge in [0.05, 0.1) is 10.2 Å². The number of carbonyl (C=O) groups excluding carboxylic acids is 2. The van der Waals surface area contributed by atoms with E-state index >= 15 is 0 Å². The van der Waals surface area contributed by atoms with Gasteiger partial charge < -0.3 is 14.9 Å². The Labute approximate surface area is 165 Å². The molecule has 0 aromatic rings. The van der Waals surface area contributed by atoms with Gasteiger partial charge in [-0.3, -0.25) is 9.59 Å². The van der Waals surface area contributed by atoms with Gasteiger partial charge in [-0.25, -0.2) is 0 Å². The number of aliphatic hydroxyl groups is 2. The van der Waals surface area contributed by atoms with E-state index in [0.717, 1.165) is 0 Å². The fourth-order valence-electron chi connectivity index (χ4n) is 6.67. The van der Waals surface area contributed by atoms with E-state index in [4.69, 9.17) is 15.7 Å². The molecular weight excluding hydrogens is 332 g/mol. The third kappa shape index (κ3) is 1.92. The molecule has 1 saturated heterocycles. The van der Waals surface area contributed by atoms with Crippen molar-refractivity contribution < 1.29 is 35.5 Å². The predicted molar refractivity (Wildman–Crippen MR) is 92.9 cm³/mol. The first-order chi connectivity index (χ1) is 15.3. The largest absolute Gasteiger partial charge is 0.389 e. The van der Waals surface area contributed by atoms with Crippen LogP contribution in [0.2, 0.25) is 0 Å². The Morgan fingerprint density at radius 1 is 1.50 bits per heavy atom. The molecule has 5 rings (SSSR count). The molecule has 0 radical (unpaired) electrons. The van der Waals surface area contributed by atoms with E-state index in [2.05, 4.69) is 0 Å². The van der Waals surface area contributed by atoms with Crippen LogP contribution in [-0.2, 0) is 14.3 Å². The van der Waals surface area contributed by atoms with Crippen LogP contribution in [0.5, 0.6) is 0 Å². The van der Waals surface area contributed by atoms with Gasteiger partial charge >= 0.3 is 0 Å². The van der Waals surface area contributed by atoms with Crippen molar-refractivity contribution in [2.24, 2.45) is 34.5 Å². The van der Waals surface area contributed by atoms with Gasteiger partial charge in [-0.2, -0.15) is 0 Å². The summed E-state index contributed by atoms with van der Waals surface area (Å²) in [6, 6.07) is -0.664. The van der Waals surface area contributed by atoms with Crippen LogP contribution >= 0.6 is 0 Å². The minimum Gasteiger partial charge on any atom is -0.389 e. The molecule has 8 atom stereocenters. The summed E-state index contributed by atoms with van der Waals surface area (Å²) in [5.74, 6) is -6.36. The van der Waals surface area contributed by atoms with Gasteiger partial charge in [0.1, 0.15) is 6.56 Å². The number of hydrogen-bond donors (Lipinski definition) is 2. The molecular formula is C21H28O5. The molecule has 0 aromatic carbocycles. The summed E-state index contributed by atoms with van der Waals surface area (Å²) in [7, 11) is 0. The Bertz CT molecular complexity index is 1020. The Kier molecular flexibility index (Phi) is 2.22. The molecule has 1 spiro atoms. The number of allylic oxidation sites excluding steroid dienone is 1. The van der Waals surface area contributed by atoms with Crippen LogP contribution in [-0.4, -0.2) is 40.7 Å². The van der Waals surface area contributed by atoms with E-state index < -0.39 is 83.8 Å². The van der Waals surface area contributed by atoms with Crippen LogP contribution in [0.25, 0.3) is 0 Å². The molecule has 5 nitrogen and oxygen atoms in total. The first-order valence-electron chi connectivity index (χ1n) is 13.2. The topological polar surface area (TPSA) is 83.8 Å². The van der Waals surface area contributed by atoms with Gasteiger partial charge in [0.2, 0.25) is 0 Å². The highest BCUT2D eigenvalue weighted by Gasteiger charge is 2.71. The Balaban J connectivity index is 1.68. The van der Waals surface area contributed by atoms with Crippen molar-refractivity contribution in [3.05, 3.63) is 11.6 Å². The number of ether oxygens (including phenoxy) is 1. The number of aliphatic hydroxyl groups excluding tert-OH is 1. The lowest BCUT2D eigenvalue weighted by Gasteiger charge is -2.57. The van der Waals surface area contributed by atoms with Crippen molar-refractivity contribution in [1.29, 1.82) is 0 Å². The lowest BCUT2D eigenvalue weighted by atomic mass is 9.46. The monoisotopic (exact) mass is 368 g/mol. The van der Waals surface area contributed by atoms with E-state index in [-0.39, 0.29) is 37.7 Å². The van der Waals surface area contributed by atoms with E-state index in [0.29, 0.717) is 0 Å². The summed E-state index contributed by atoms with van der Waals surface area (Å²) in [5.41, 5.74) is -2.88. The van der Waals surface area contributed by atoms with E-state index in [9.17, 15) is 19.8 Å². The van der Waals surface area contributed by atoms with Crippen LogP contribution in [0, 0.1) is 34.5 Å². The summed E-state index contributed by atoms with van der Waals surface area (Å²) < 4.78 is 72.4. The number of rotatable bonds is 2. The fourth-order valence-corrected chi connectivity index (χ4v) is 6.67. The molecule has 142 valence electrons. The normalized spacial score (nSPS) is 64.3. The SMILES string of the molecule is [2H]C1=C2C([2H])([2H])C[C@@H]3[C@H]([C@H]4C[C@@]5(C(O)O4)[C@H]3CC[C@]5([2H])C(=O)C([2H])([2H])O)[C@@]2(C)CC([2H])([2H])C1=O. The van der Waals surface area contributed by atoms with E-state index in [1.807, 2.05) is 0 Å². The zero-order chi connectivity index (χ0) is 25.4. The predicted octanol–water partition coefficient (Wildman–Crippen LogP) is 2.00. The first-order valence-corrected chi connectivity index (χ1v) is 9.22. The maximum Gasteiger partial charge on any atom is 0.162 e. The smallest absolute Gasteiger partial charge is 0.162 e. The summed E-state index contributed by atoms with van der Waals surface area (Å²) in [6.07, 6.45) is -7.41. The number of Topliss-reactive ketones (excluding diaryl/α,β-unsaturated/α-hetero) is 1. The van der Waals surface area contributed by atoms with Crippen molar-refractivity contribution in [3.63, 3.8) is 0 Å². The van der Waals surface area contributed by atoms with Crippen molar-refractivity contribution in [3.8, 4) is 0 Å². The third-order valence-corrected chi connectivity index (χ3v) is 7.64. The summed E-state index contributed by atoms with van der Waals surface area (Å²) in [5, 5.41) is 20.9. The second-order valence-corrected chi connectivity index (χ2v) is 8.51. The molecule has 26 heavy (non-hydrogen) atoms. The Morgan fingerprint density at radius 2 is 2.31 bits per heavy atom. The average Bonchev–Trinajstić information content (AvgIpc) is 3.13. The zero-order valence-electron chi connectivity index (χ0n) is 22.5. The molecule has 4 fully saturated rings. The van der Waals surface area contributed by atoms with Gasteiger partial charge in [0, 0.05) is 24.5 Å². The van der Waals surface area contributed by atoms with Crippen LogP contribution in [0.4, 0.5) is 0 Å². The Morgan fingerprint density at radius 3 is 3.08 bits per heavy atom. The lowest BCUT2D eigenvalue weighted by Crippen LogP contribution is -2.55. The highest BCUT2D eigenvalue weighted by Crippen LogP contribution is 2.71. The van der Waals surface area contributed by atoms with Gasteiger partial charge in [-0.1, -0.05) is 12.5 Å². The molecule has 0 amide bonds. The summed E-state index contributed by atoms with van der Waals surface area (Å²) >= 11 is 0. The fraction of sp³-hybridized carbons (Fsp3) is 0.810. The average molecular weight is 368 g/mol. The Hall–Kier alpha value is -1.04. The molecule has 4 aliphatic carbocycles. The second kappa shape index (κ2) is 5.49. The van der Waals surface area contributed by atoms with Gasteiger partial charge in [0.25, 0.3) is 0 Å². The number of fused-ring (bicyclic) bond motifs is 6. The van der Waals surface area contributed by atoms with E-state index in [1.54, 1.807) is 6.92 Å². The highest BCUT2D eigenvalue weighted by molar-refractivity contribution is 5.91. The lowest BCUT2D eigenvalue weighted by molar-refractivity contribution is -0.160. The number of hydrogen-bond acceptors (Lipinski definition) is 5. The maximum absolute atomic E-state index is 12.9. The van der Waals surface area contributed by atoms with Crippen molar-refractivity contribution in [1.82, 2.24) is 0 Å². The summed E-state index contributed by atoms with van der Waals surface area (Å²) in [4.78, 5) is 25.5. The summed E-state index contributed by atoms with van der Waals surface area (Å²) in [6.45, 7) is -1.65. The van der Waals surface area contributed by atoms with Gasteiger partial charge in [-0.15, -0.1) is 0 Å². The molecule has 1 unspecified atom stereocenters. The molecule has 2 bridgehead atoms. The minimum absolute atomic E-state index is 0.0124.